The van der Waals surface area contributed by atoms with Crippen molar-refractivity contribution in [3.63, 3.8) is 0 Å². The number of Topliss-reactive ketones (excluding diaryl/α,β-unsaturated/α-hetero) is 1. The van der Waals surface area contributed by atoms with Gasteiger partial charge >= 0.3 is 0 Å². The molecular formula is C21H18O2S. The molecule has 0 spiro atoms. The lowest BCUT2D eigenvalue weighted by Gasteiger charge is -2.29. The van der Waals surface area contributed by atoms with Gasteiger partial charge in [0.05, 0.1) is 11.5 Å². The number of hydrogen-bond acceptors (Lipinski definition) is 3. The molecule has 0 radical (unpaired) electrons. The average molecular weight is 334 g/mol. The van der Waals surface area contributed by atoms with Crippen LogP contribution >= 0.6 is 11.8 Å². The molecule has 0 unspecified atom stereocenters. The van der Waals surface area contributed by atoms with E-state index in [0.717, 1.165) is 29.1 Å². The van der Waals surface area contributed by atoms with Gasteiger partial charge in [-0.2, -0.15) is 0 Å². The Hall–Kier alpha value is -2.26. The molecule has 24 heavy (non-hydrogen) atoms. The van der Waals surface area contributed by atoms with E-state index in [1.54, 1.807) is 18.0 Å². The number of benzene rings is 2. The fourth-order valence-corrected chi connectivity index (χ4v) is 4.63. The molecule has 120 valence electrons. The first kappa shape index (κ1) is 15.3. The van der Waals surface area contributed by atoms with Crippen LogP contribution in [-0.2, 0) is 6.42 Å². The van der Waals surface area contributed by atoms with E-state index in [-0.39, 0.29) is 17.0 Å². The van der Waals surface area contributed by atoms with Gasteiger partial charge < -0.3 is 4.42 Å². The van der Waals surface area contributed by atoms with E-state index in [1.807, 2.05) is 48.5 Å². The van der Waals surface area contributed by atoms with Crippen LogP contribution < -0.4 is 0 Å². The van der Waals surface area contributed by atoms with E-state index in [2.05, 4.69) is 18.2 Å². The van der Waals surface area contributed by atoms with Crippen LogP contribution in [0.2, 0.25) is 0 Å². The van der Waals surface area contributed by atoms with E-state index < -0.39 is 0 Å². The summed E-state index contributed by atoms with van der Waals surface area (Å²) in [7, 11) is 0. The number of thioether (sulfide) groups is 1. The van der Waals surface area contributed by atoms with Crippen molar-refractivity contribution in [1.29, 1.82) is 0 Å². The summed E-state index contributed by atoms with van der Waals surface area (Å²) in [5, 5.41) is 0.00301. The minimum absolute atomic E-state index is 0.00301. The first-order valence-electron chi connectivity index (χ1n) is 8.20. The summed E-state index contributed by atoms with van der Waals surface area (Å²) in [5.74, 6) is 1.06. The van der Waals surface area contributed by atoms with Gasteiger partial charge in [-0.15, -0.1) is 11.8 Å². The van der Waals surface area contributed by atoms with Crippen molar-refractivity contribution in [2.45, 2.75) is 23.0 Å². The third-order valence-corrected chi connectivity index (χ3v) is 5.90. The fourth-order valence-electron chi connectivity index (χ4n) is 3.35. The Morgan fingerprint density at radius 3 is 2.54 bits per heavy atom. The molecule has 2 atom stereocenters. The predicted octanol–water partition coefficient (Wildman–Crippen LogP) is 5.56. The van der Waals surface area contributed by atoms with Gasteiger partial charge in [0, 0.05) is 16.4 Å². The Labute approximate surface area is 145 Å². The fraction of sp³-hybridized carbons (Fsp3) is 0.190. The Morgan fingerprint density at radius 2 is 1.75 bits per heavy atom. The van der Waals surface area contributed by atoms with Gasteiger partial charge in [-0.1, -0.05) is 42.5 Å². The van der Waals surface area contributed by atoms with Gasteiger partial charge in [-0.25, -0.2) is 0 Å². The topological polar surface area (TPSA) is 30.2 Å². The quantitative estimate of drug-likeness (QED) is 0.585. The zero-order valence-corrected chi connectivity index (χ0v) is 14.0. The third-order valence-electron chi connectivity index (χ3n) is 4.54. The van der Waals surface area contributed by atoms with Gasteiger partial charge in [-0.3, -0.25) is 4.79 Å². The Morgan fingerprint density at radius 1 is 0.958 bits per heavy atom. The van der Waals surface area contributed by atoms with Crippen LogP contribution in [0.1, 0.15) is 33.4 Å². The number of carbonyl (C=O) groups excluding carboxylic acids is 1. The van der Waals surface area contributed by atoms with Gasteiger partial charge in [0.2, 0.25) is 0 Å². The van der Waals surface area contributed by atoms with Gasteiger partial charge in [0.1, 0.15) is 5.76 Å². The van der Waals surface area contributed by atoms with Crippen LogP contribution in [0.4, 0.5) is 0 Å². The van der Waals surface area contributed by atoms with E-state index >= 15 is 0 Å². The molecule has 4 rings (SSSR count). The molecular weight excluding hydrogens is 316 g/mol. The molecule has 0 amide bonds. The minimum atomic E-state index is -0.0590. The highest BCUT2D eigenvalue weighted by Crippen LogP contribution is 2.45. The van der Waals surface area contributed by atoms with E-state index in [4.69, 9.17) is 4.42 Å². The maximum Gasteiger partial charge on any atom is 0.167 e. The van der Waals surface area contributed by atoms with Crippen molar-refractivity contribution in [3.8, 4) is 0 Å². The third kappa shape index (κ3) is 2.92. The molecule has 1 aliphatic carbocycles. The lowest BCUT2D eigenvalue weighted by Crippen LogP contribution is -2.26. The standard InChI is InChI=1S/C21H18O2S/c22-20-17-10-5-4-7-15(17)12-13-18(20)21(19-11-6-14-23-19)24-16-8-2-1-3-9-16/h1-11,14,18,21H,12-13H2/t18-,21+/m1/s1. The molecule has 1 aromatic heterocycles. The number of furan rings is 1. The molecule has 1 aliphatic rings. The monoisotopic (exact) mass is 334 g/mol. The van der Waals surface area contributed by atoms with Crippen LogP contribution in [0.25, 0.3) is 0 Å². The highest BCUT2D eigenvalue weighted by Gasteiger charge is 2.36. The maximum atomic E-state index is 13.1. The summed E-state index contributed by atoms with van der Waals surface area (Å²) in [6, 6.07) is 22.1. The van der Waals surface area contributed by atoms with E-state index in [1.165, 1.54) is 5.56 Å². The van der Waals surface area contributed by atoms with Crippen LogP contribution in [0, 0.1) is 5.92 Å². The summed E-state index contributed by atoms with van der Waals surface area (Å²) in [6.07, 6.45) is 3.50. The van der Waals surface area contributed by atoms with Gasteiger partial charge in [0.15, 0.2) is 5.78 Å². The molecule has 1 heterocycles. The van der Waals surface area contributed by atoms with Crippen LogP contribution in [0.5, 0.6) is 0 Å². The van der Waals surface area contributed by atoms with Crippen LogP contribution in [0.3, 0.4) is 0 Å². The number of fused-ring (bicyclic) bond motifs is 1. The van der Waals surface area contributed by atoms with Crippen molar-refractivity contribution >= 4 is 17.5 Å². The normalized spacial score (nSPS) is 18.2. The first-order chi connectivity index (χ1) is 11.8. The van der Waals surface area contributed by atoms with Gasteiger partial charge in [0.25, 0.3) is 0 Å². The second-order valence-electron chi connectivity index (χ2n) is 6.03. The van der Waals surface area contributed by atoms with Crippen molar-refractivity contribution in [1.82, 2.24) is 0 Å². The highest BCUT2D eigenvalue weighted by atomic mass is 32.2. The highest BCUT2D eigenvalue weighted by molar-refractivity contribution is 7.99. The molecule has 2 nitrogen and oxygen atoms in total. The van der Waals surface area contributed by atoms with E-state index in [9.17, 15) is 4.79 Å². The zero-order chi connectivity index (χ0) is 16.4. The van der Waals surface area contributed by atoms with Crippen LogP contribution in [-0.4, -0.2) is 5.78 Å². The Bertz CT molecular complexity index is 824. The van der Waals surface area contributed by atoms with E-state index in [0.29, 0.717) is 0 Å². The number of rotatable bonds is 4. The molecule has 0 N–H and O–H groups in total. The second-order valence-corrected chi connectivity index (χ2v) is 7.25. The summed E-state index contributed by atoms with van der Waals surface area (Å²) in [4.78, 5) is 14.2. The number of hydrogen-bond donors (Lipinski definition) is 0. The maximum absolute atomic E-state index is 13.1. The van der Waals surface area contributed by atoms with Crippen molar-refractivity contribution in [2.75, 3.05) is 0 Å². The van der Waals surface area contributed by atoms with Crippen LogP contribution in [0.15, 0.2) is 82.3 Å². The van der Waals surface area contributed by atoms with Crippen molar-refractivity contribution in [2.24, 2.45) is 5.92 Å². The Balaban J connectivity index is 1.68. The molecule has 3 heteroatoms. The van der Waals surface area contributed by atoms with Crippen molar-refractivity contribution in [3.05, 3.63) is 89.9 Å². The summed E-state index contributed by atoms with van der Waals surface area (Å²) >= 11 is 1.72. The molecule has 0 fully saturated rings. The smallest absolute Gasteiger partial charge is 0.167 e. The molecule has 0 saturated heterocycles. The average Bonchev–Trinajstić information content (AvgIpc) is 3.16. The second kappa shape index (κ2) is 6.70. The Kier molecular flexibility index (Phi) is 4.26. The largest absolute Gasteiger partial charge is 0.468 e. The molecule has 0 saturated carbocycles. The number of ketones is 1. The SMILES string of the molecule is O=C1c2ccccc2CC[C@H]1[C@H](Sc1ccccc1)c1ccco1. The summed E-state index contributed by atoms with van der Waals surface area (Å²) in [6.45, 7) is 0. The number of carbonyl (C=O) groups is 1. The number of aryl methyl sites for hydroxylation is 1. The molecule has 0 bridgehead atoms. The lowest BCUT2D eigenvalue weighted by atomic mass is 9.80. The lowest BCUT2D eigenvalue weighted by molar-refractivity contribution is 0.0894. The molecule has 0 aliphatic heterocycles. The summed E-state index contributed by atoms with van der Waals surface area (Å²) in [5.41, 5.74) is 2.04. The first-order valence-corrected chi connectivity index (χ1v) is 9.08. The summed E-state index contributed by atoms with van der Waals surface area (Å²) < 4.78 is 5.68. The minimum Gasteiger partial charge on any atom is -0.468 e. The molecule has 3 aromatic rings. The predicted molar refractivity (Wildman–Crippen MR) is 96.3 cm³/mol. The zero-order valence-electron chi connectivity index (χ0n) is 13.2. The van der Waals surface area contributed by atoms with Crippen molar-refractivity contribution < 1.29 is 9.21 Å². The van der Waals surface area contributed by atoms with Gasteiger partial charge in [-0.05, 0) is 42.7 Å². The molecule has 2 aromatic carbocycles.